The molecule has 1 aromatic heterocycles. The normalized spacial score (nSPS) is 32.8. The SMILES string of the molecule is CCC1CCCCC1n1cncc1C1CCCN1. The second-order valence-electron chi connectivity index (χ2n) is 5.89. The summed E-state index contributed by atoms with van der Waals surface area (Å²) in [4.78, 5) is 4.43. The van der Waals surface area contributed by atoms with Gasteiger partial charge in [0.25, 0.3) is 0 Å². The predicted molar refractivity (Wildman–Crippen MR) is 73.5 cm³/mol. The van der Waals surface area contributed by atoms with E-state index < -0.39 is 0 Å². The van der Waals surface area contributed by atoms with Gasteiger partial charge in [0.1, 0.15) is 0 Å². The van der Waals surface area contributed by atoms with E-state index in [9.17, 15) is 0 Å². The standard InChI is InChI=1S/C15H25N3/c1-2-12-6-3-4-8-14(12)18-11-16-10-15(18)13-7-5-9-17-13/h10-14,17H,2-9H2,1H3. The zero-order valence-corrected chi connectivity index (χ0v) is 11.4. The Hall–Kier alpha value is -0.830. The van der Waals surface area contributed by atoms with Crippen molar-refractivity contribution in [2.45, 2.75) is 64.0 Å². The van der Waals surface area contributed by atoms with Gasteiger partial charge in [0.2, 0.25) is 0 Å². The third kappa shape index (κ3) is 2.20. The van der Waals surface area contributed by atoms with E-state index in [2.05, 4.69) is 34.3 Å². The minimum atomic E-state index is 0.548. The summed E-state index contributed by atoms with van der Waals surface area (Å²) in [6.45, 7) is 3.51. The Morgan fingerprint density at radius 1 is 1.28 bits per heavy atom. The van der Waals surface area contributed by atoms with E-state index in [1.165, 1.54) is 50.6 Å². The van der Waals surface area contributed by atoms with Gasteiger partial charge in [-0.05, 0) is 38.1 Å². The molecule has 3 heteroatoms. The summed E-state index contributed by atoms with van der Waals surface area (Å²) in [5.41, 5.74) is 1.43. The largest absolute Gasteiger partial charge is 0.330 e. The van der Waals surface area contributed by atoms with Crippen LogP contribution in [0.1, 0.15) is 69.6 Å². The second kappa shape index (κ2) is 5.43. The molecule has 0 amide bonds. The fraction of sp³-hybridized carbons (Fsp3) is 0.800. The number of imidazole rings is 1. The zero-order chi connectivity index (χ0) is 12.4. The van der Waals surface area contributed by atoms with Gasteiger partial charge in [0, 0.05) is 18.3 Å². The maximum absolute atomic E-state index is 4.43. The number of nitrogens with one attached hydrogen (secondary N) is 1. The van der Waals surface area contributed by atoms with Crippen LogP contribution in [0.15, 0.2) is 12.5 Å². The molecule has 1 N–H and O–H groups in total. The van der Waals surface area contributed by atoms with Crippen LogP contribution in [0.25, 0.3) is 0 Å². The summed E-state index contributed by atoms with van der Waals surface area (Å²) < 4.78 is 2.50. The van der Waals surface area contributed by atoms with E-state index in [4.69, 9.17) is 0 Å². The molecule has 0 radical (unpaired) electrons. The van der Waals surface area contributed by atoms with E-state index >= 15 is 0 Å². The van der Waals surface area contributed by atoms with Gasteiger partial charge in [-0.15, -0.1) is 0 Å². The minimum Gasteiger partial charge on any atom is -0.330 e. The van der Waals surface area contributed by atoms with Crippen LogP contribution in [0.5, 0.6) is 0 Å². The van der Waals surface area contributed by atoms with Crippen molar-refractivity contribution in [1.82, 2.24) is 14.9 Å². The molecule has 0 spiro atoms. The summed E-state index contributed by atoms with van der Waals surface area (Å²) in [6.07, 6.45) is 13.6. The molecule has 1 aromatic rings. The molecule has 3 rings (SSSR count). The summed E-state index contributed by atoms with van der Waals surface area (Å²) in [7, 11) is 0. The van der Waals surface area contributed by atoms with Gasteiger partial charge in [0.05, 0.1) is 12.0 Å². The summed E-state index contributed by atoms with van der Waals surface area (Å²) in [5.74, 6) is 0.855. The summed E-state index contributed by atoms with van der Waals surface area (Å²) in [6, 6.07) is 1.25. The molecule has 3 nitrogen and oxygen atoms in total. The number of nitrogens with zero attached hydrogens (tertiary/aromatic N) is 2. The number of aromatic nitrogens is 2. The Morgan fingerprint density at radius 3 is 2.94 bits per heavy atom. The predicted octanol–water partition coefficient (Wildman–Crippen LogP) is 3.45. The molecule has 1 aliphatic heterocycles. The molecular formula is C15H25N3. The number of hydrogen-bond acceptors (Lipinski definition) is 2. The molecule has 2 aliphatic rings. The van der Waals surface area contributed by atoms with Crippen LogP contribution in [-0.4, -0.2) is 16.1 Å². The molecular weight excluding hydrogens is 222 g/mol. The van der Waals surface area contributed by atoms with Crippen LogP contribution in [0, 0.1) is 5.92 Å². The molecule has 0 aromatic carbocycles. The molecule has 1 saturated carbocycles. The van der Waals surface area contributed by atoms with Crippen LogP contribution in [0.4, 0.5) is 0 Å². The maximum atomic E-state index is 4.43. The van der Waals surface area contributed by atoms with Crippen molar-refractivity contribution >= 4 is 0 Å². The lowest BCUT2D eigenvalue weighted by molar-refractivity contribution is 0.226. The topological polar surface area (TPSA) is 29.9 Å². The smallest absolute Gasteiger partial charge is 0.0951 e. The van der Waals surface area contributed by atoms with Crippen LogP contribution < -0.4 is 5.32 Å². The fourth-order valence-corrected chi connectivity index (χ4v) is 3.83. The first kappa shape index (κ1) is 12.2. The van der Waals surface area contributed by atoms with E-state index in [1.807, 2.05) is 0 Å². The summed E-state index contributed by atoms with van der Waals surface area (Å²) >= 11 is 0. The molecule has 1 aliphatic carbocycles. The molecule has 100 valence electrons. The molecule has 18 heavy (non-hydrogen) atoms. The van der Waals surface area contributed by atoms with E-state index in [0.29, 0.717) is 12.1 Å². The lowest BCUT2D eigenvalue weighted by Gasteiger charge is -2.33. The molecule has 2 heterocycles. The quantitative estimate of drug-likeness (QED) is 0.886. The van der Waals surface area contributed by atoms with Crippen molar-refractivity contribution < 1.29 is 0 Å². The van der Waals surface area contributed by atoms with Gasteiger partial charge in [-0.25, -0.2) is 4.98 Å². The highest BCUT2D eigenvalue weighted by molar-refractivity contribution is 5.09. The van der Waals surface area contributed by atoms with Crippen molar-refractivity contribution in [1.29, 1.82) is 0 Å². The first-order chi connectivity index (χ1) is 8.90. The highest BCUT2D eigenvalue weighted by Crippen LogP contribution is 2.38. The summed E-state index contributed by atoms with van der Waals surface area (Å²) in [5, 5.41) is 3.61. The first-order valence-corrected chi connectivity index (χ1v) is 7.65. The number of rotatable bonds is 3. The van der Waals surface area contributed by atoms with Gasteiger partial charge >= 0.3 is 0 Å². The molecule has 3 atom stereocenters. The Kier molecular flexibility index (Phi) is 3.69. The average molecular weight is 247 g/mol. The van der Waals surface area contributed by atoms with Gasteiger partial charge in [-0.3, -0.25) is 0 Å². The Labute approximate surface area is 110 Å². The van der Waals surface area contributed by atoms with Crippen LogP contribution in [0.3, 0.4) is 0 Å². The zero-order valence-electron chi connectivity index (χ0n) is 11.4. The average Bonchev–Trinajstić information content (AvgIpc) is 3.09. The molecule has 3 unspecified atom stereocenters. The van der Waals surface area contributed by atoms with Gasteiger partial charge in [0.15, 0.2) is 0 Å². The Bertz CT molecular complexity index is 379. The maximum Gasteiger partial charge on any atom is 0.0951 e. The van der Waals surface area contributed by atoms with Crippen LogP contribution in [-0.2, 0) is 0 Å². The van der Waals surface area contributed by atoms with Gasteiger partial charge < -0.3 is 9.88 Å². The molecule has 1 saturated heterocycles. The Morgan fingerprint density at radius 2 is 2.17 bits per heavy atom. The molecule has 2 fully saturated rings. The van der Waals surface area contributed by atoms with Crippen LogP contribution in [0.2, 0.25) is 0 Å². The van der Waals surface area contributed by atoms with Crippen molar-refractivity contribution in [3.8, 4) is 0 Å². The van der Waals surface area contributed by atoms with E-state index in [1.54, 1.807) is 0 Å². The van der Waals surface area contributed by atoms with E-state index in [0.717, 1.165) is 12.5 Å². The fourth-order valence-electron chi connectivity index (χ4n) is 3.83. The third-order valence-electron chi connectivity index (χ3n) is 4.86. The Balaban J connectivity index is 1.84. The monoisotopic (exact) mass is 247 g/mol. The van der Waals surface area contributed by atoms with Crippen molar-refractivity contribution in [3.63, 3.8) is 0 Å². The first-order valence-electron chi connectivity index (χ1n) is 7.65. The minimum absolute atomic E-state index is 0.548. The third-order valence-corrected chi connectivity index (χ3v) is 4.86. The van der Waals surface area contributed by atoms with Crippen molar-refractivity contribution in [2.75, 3.05) is 6.54 Å². The highest BCUT2D eigenvalue weighted by Gasteiger charge is 2.29. The lowest BCUT2D eigenvalue weighted by Crippen LogP contribution is -2.26. The van der Waals surface area contributed by atoms with Crippen molar-refractivity contribution in [3.05, 3.63) is 18.2 Å². The second-order valence-corrected chi connectivity index (χ2v) is 5.89. The highest BCUT2D eigenvalue weighted by atomic mass is 15.1. The molecule has 0 bridgehead atoms. The van der Waals surface area contributed by atoms with Gasteiger partial charge in [-0.1, -0.05) is 26.2 Å². The lowest BCUT2D eigenvalue weighted by atomic mass is 9.82. The van der Waals surface area contributed by atoms with Gasteiger partial charge in [-0.2, -0.15) is 0 Å². The number of hydrogen-bond donors (Lipinski definition) is 1. The van der Waals surface area contributed by atoms with E-state index in [-0.39, 0.29) is 0 Å². The van der Waals surface area contributed by atoms with Crippen LogP contribution >= 0.6 is 0 Å². The van der Waals surface area contributed by atoms with Crippen molar-refractivity contribution in [2.24, 2.45) is 5.92 Å².